The maximum Gasteiger partial charge on any atom is 0.333 e. The van der Waals surface area contributed by atoms with Crippen molar-refractivity contribution >= 4 is 11.9 Å². The summed E-state index contributed by atoms with van der Waals surface area (Å²) in [6.45, 7) is 6.73. The second-order valence-electron chi connectivity index (χ2n) is 4.27. The number of rotatable bonds is 7. The lowest BCUT2D eigenvalue weighted by molar-refractivity contribution is -0.139. The minimum atomic E-state index is -0.709. The van der Waals surface area contributed by atoms with E-state index in [0.717, 1.165) is 0 Å². The Kier molecular flexibility index (Phi) is 7.23. The summed E-state index contributed by atoms with van der Waals surface area (Å²) in [6, 6.07) is 0. The van der Waals surface area contributed by atoms with Gasteiger partial charge in [0.25, 0.3) is 0 Å². The maximum absolute atomic E-state index is 11.9. The van der Waals surface area contributed by atoms with Crippen molar-refractivity contribution in [3.05, 3.63) is 12.2 Å². The quantitative estimate of drug-likeness (QED) is 0.484. The Morgan fingerprint density at radius 1 is 1.22 bits per heavy atom. The highest BCUT2D eigenvalue weighted by Crippen LogP contribution is 2.06. The molecule has 0 rings (SSSR count). The van der Waals surface area contributed by atoms with Gasteiger partial charge in [-0.1, -0.05) is 6.58 Å². The third-order valence-electron chi connectivity index (χ3n) is 2.16. The number of ether oxygens (including phenoxy) is 1. The summed E-state index contributed by atoms with van der Waals surface area (Å²) in [5.41, 5.74) is 0.0451. The van der Waals surface area contributed by atoms with E-state index < -0.39 is 18.2 Å². The molecule has 0 aliphatic heterocycles. The fourth-order valence-corrected chi connectivity index (χ4v) is 1.43. The van der Waals surface area contributed by atoms with Crippen LogP contribution in [-0.2, 0) is 14.3 Å². The van der Waals surface area contributed by atoms with E-state index in [1.807, 2.05) is 0 Å². The molecule has 0 radical (unpaired) electrons. The van der Waals surface area contributed by atoms with E-state index in [9.17, 15) is 19.8 Å². The Morgan fingerprint density at radius 3 is 2.00 bits per heavy atom. The van der Waals surface area contributed by atoms with Crippen molar-refractivity contribution in [1.29, 1.82) is 0 Å². The number of carbonyl (C=O) groups excluding carboxylic acids is 2. The zero-order valence-electron chi connectivity index (χ0n) is 11.0. The zero-order valence-corrected chi connectivity index (χ0v) is 11.0. The molecule has 2 atom stereocenters. The molecule has 0 aliphatic rings. The number of esters is 1. The average molecular weight is 259 g/mol. The zero-order chi connectivity index (χ0) is 14.3. The van der Waals surface area contributed by atoms with Gasteiger partial charge in [0.05, 0.1) is 25.7 Å². The Bertz CT molecular complexity index is 302. The maximum atomic E-state index is 11.9. The molecule has 18 heavy (non-hydrogen) atoms. The third kappa shape index (κ3) is 6.36. The number of aliphatic hydroxyl groups excluding tert-OH is 2. The Hall–Kier alpha value is -1.40. The Labute approximate surface area is 107 Å². The second-order valence-corrected chi connectivity index (χ2v) is 4.27. The van der Waals surface area contributed by atoms with Crippen LogP contribution in [-0.4, -0.2) is 59.4 Å². The van der Waals surface area contributed by atoms with Crippen molar-refractivity contribution in [2.75, 3.05) is 20.2 Å². The normalized spacial score (nSPS) is 13.6. The Balaban J connectivity index is 4.55. The summed E-state index contributed by atoms with van der Waals surface area (Å²) in [4.78, 5) is 24.3. The largest absolute Gasteiger partial charge is 0.466 e. The van der Waals surface area contributed by atoms with Crippen LogP contribution >= 0.6 is 0 Å². The topological polar surface area (TPSA) is 87.1 Å². The molecule has 0 fully saturated rings. The summed E-state index contributed by atoms with van der Waals surface area (Å²) in [7, 11) is 1.21. The molecule has 104 valence electrons. The van der Waals surface area contributed by atoms with Crippen LogP contribution in [0.1, 0.15) is 20.3 Å². The van der Waals surface area contributed by atoms with Gasteiger partial charge in [0, 0.05) is 18.7 Å². The summed E-state index contributed by atoms with van der Waals surface area (Å²) < 4.78 is 4.45. The molecule has 0 bridgehead atoms. The van der Waals surface area contributed by atoms with Crippen LogP contribution in [0.25, 0.3) is 0 Å². The van der Waals surface area contributed by atoms with Crippen LogP contribution in [0.2, 0.25) is 0 Å². The summed E-state index contributed by atoms with van der Waals surface area (Å²) in [5, 5.41) is 18.6. The summed E-state index contributed by atoms with van der Waals surface area (Å²) >= 11 is 0. The number of amides is 1. The van der Waals surface area contributed by atoms with E-state index in [-0.39, 0.29) is 31.0 Å². The number of hydrogen-bond donors (Lipinski definition) is 2. The minimum Gasteiger partial charge on any atom is -0.466 e. The molecule has 0 spiro atoms. The lowest BCUT2D eigenvalue weighted by atomic mass is 10.2. The van der Waals surface area contributed by atoms with Gasteiger partial charge in [-0.3, -0.25) is 4.79 Å². The van der Waals surface area contributed by atoms with Gasteiger partial charge in [-0.15, -0.1) is 0 Å². The van der Waals surface area contributed by atoms with Crippen LogP contribution in [0, 0.1) is 0 Å². The average Bonchev–Trinajstić information content (AvgIpc) is 2.25. The van der Waals surface area contributed by atoms with E-state index in [2.05, 4.69) is 11.3 Å². The fraction of sp³-hybridized carbons (Fsp3) is 0.667. The highest BCUT2D eigenvalue weighted by Gasteiger charge is 2.20. The van der Waals surface area contributed by atoms with Crippen molar-refractivity contribution in [2.24, 2.45) is 0 Å². The fourth-order valence-electron chi connectivity index (χ4n) is 1.43. The monoisotopic (exact) mass is 259 g/mol. The van der Waals surface area contributed by atoms with Crippen molar-refractivity contribution in [3.8, 4) is 0 Å². The van der Waals surface area contributed by atoms with Gasteiger partial charge in [0.1, 0.15) is 0 Å². The first-order valence-corrected chi connectivity index (χ1v) is 5.67. The first-order valence-electron chi connectivity index (χ1n) is 5.67. The van der Waals surface area contributed by atoms with Crippen LogP contribution in [0.15, 0.2) is 12.2 Å². The predicted octanol–water partition coefficient (Wildman–Crippen LogP) is -0.304. The molecular formula is C12H21NO5. The first-order chi connectivity index (χ1) is 8.27. The molecule has 0 heterocycles. The lowest BCUT2D eigenvalue weighted by Gasteiger charge is -2.25. The molecular weight excluding hydrogens is 238 g/mol. The van der Waals surface area contributed by atoms with Crippen molar-refractivity contribution in [1.82, 2.24) is 4.90 Å². The lowest BCUT2D eigenvalue weighted by Crippen LogP contribution is -2.41. The second kappa shape index (κ2) is 7.84. The smallest absolute Gasteiger partial charge is 0.333 e. The molecule has 0 saturated carbocycles. The first kappa shape index (κ1) is 16.6. The predicted molar refractivity (Wildman–Crippen MR) is 65.7 cm³/mol. The number of carbonyl (C=O) groups is 2. The molecule has 0 aromatic carbocycles. The number of nitrogens with zero attached hydrogens (tertiary/aromatic N) is 1. The van der Waals surface area contributed by atoms with Gasteiger partial charge in [-0.05, 0) is 13.8 Å². The van der Waals surface area contributed by atoms with Gasteiger partial charge >= 0.3 is 5.97 Å². The summed E-state index contributed by atoms with van der Waals surface area (Å²) in [5.74, 6) is -1.02. The molecule has 0 aromatic rings. The van der Waals surface area contributed by atoms with Gasteiger partial charge in [0.15, 0.2) is 0 Å². The van der Waals surface area contributed by atoms with Crippen LogP contribution in [0.5, 0.6) is 0 Å². The molecule has 0 aromatic heterocycles. The van der Waals surface area contributed by atoms with Gasteiger partial charge in [0.2, 0.25) is 5.91 Å². The number of hydrogen-bond acceptors (Lipinski definition) is 5. The summed E-state index contributed by atoms with van der Waals surface area (Å²) in [6.07, 6.45) is -1.61. The van der Waals surface area contributed by atoms with Crippen LogP contribution in [0.3, 0.4) is 0 Å². The van der Waals surface area contributed by atoms with Gasteiger partial charge in [-0.2, -0.15) is 0 Å². The van der Waals surface area contributed by atoms with Crippen molar-refractivity contribution in [3.63, 3.8) is 0 Å². The number of methoxy groups -OCH3 is 1. The van der Waals surface area contributed by atoms with E-state index >= 15 is 0 Å². The van der Waals surface area contributed by atoms with Gasteiger partial charge in [-0.25, -0.2) is 4.79 Å². The highest BCUT2D eigenvalue weighted by molar-refractivity contribution is 5.94. The van der Waals surface area contributed by atoms with E-state index in [1.165, 1.54) is 25.9 Å². The number of aliphatic hydroxyl groups is 2. The van der Waals surface area contributed by atoms with Gasteiger partial charge < -0.3 is 19.8 Å². The molecule has 0 aliphatic carbocycles. The van der Waals surface area contributed by atoms with E-state index in [0.29, 0.717) is 0 Å². The molecule has 2 unspecified atom stereocenters. The van der Waals surface area contributed by atoms with Crippen molar-refractivity contribution in [2.45, 2.75) is 32.5 Å². The highest BCUT2D eigenvalue weighted by atomic mass is 16.5. The molecule has 2 N–H and O–H groups in total. The SMILES string of the molecule is C=C(CC(=O)N(CC(C)O)CC(C)O)C(=O)OC. The minimum absolute atomic E-state index is 0.0451. The molecule has 6 nitrogen and oxygen atoms in total. The van der Waals surface area contributed by atoms with Crippen LogP contribution in [0.4, 0.5) is 0 Å². The molecule has 6 heteroatoms. The van der Waals surface area contributed by atoms with E-state index in [4.69, 9.17) is 0 Å². The standard InChI is InChI=1S/C12H21NO5/c1-8(12(17)18-4)5-11(16)13(6-9(2)14)7-10(3)15/h9-10,14-15H,1,5-7H2,2-4H3. The third-order valence-corrected chi connectivity index (χ3v) is 2.16. The van der Waals surface area contributed by atoms with Crippen molar-refractivity contribution < 1.29 is 24.5 Å². The van der Waals surface area contributed by atoms with E-state index in [1.54, 1.807) is 0 Å². The Morgan fingerprint density at radius 2 is 1.67 bits per heavy atom. The molecule has 0 saturated heterocycles. The molecule has 1 amide bonds. The van der Waals surface area contributed by atoms with Crippen LogP contribution < -0.4 is 0 Å².